The standard InChI is InChI=1S/C16H29N7O3/c1-5-7-8-9-13(10-23(26)11-24)14(25)20-21-15-17-12(3)18-16(19-15)22(4)6-2/h11,13,26H,5-10H2,1-4H3,(H,20,25)(H,17,18,19,21)/t13-/m1/s1. The van der Waals surface area contributed by atoms with Crippen molar-refractivity contribution < 1.29 is 14.8 Å². The lowest BCUT2D eigenvalue weighted by Gasteiger charge is -2.20. The number of aromatic nitrogens is 3. The monoisotopic (exact) mass is 367 g/mol. The molecule has 0 saturated carbocycles. The normalized spacial score (nSPS) is 11.6. The van der Waals surface area contributed by atoms with Gasteiger partial charge in [-0.3, -0.25) is 25.6 Å². The first kappa shape index (κ1) is 21.6. The van der Waals surface area contributed by atoms with Crippen LogP contribution in [0, 0.1) is 12.8 Å². The van der Waals surface area contributed by atoms with E-state index < -0.39 is 5.92 Å². The summed E-state index contributed by atoms with van der Waals surface area (Å²) in [5.74, 6) is 0.368. The maximum atomic E-state index is 12.4. The minimum Gasteiger partial charge on any atom is -0.344 e. The molecule has 146 valence electrons. The van der Waals surface area contributed by atoms with Crippen LogP contribution in [0.1, 0.15) is 45.4 Å². The molecule has 1 rings (SSSR count). The third-order valence-electron chi connectivity index (χ3n) is 3.90. The number of hydroxylamine groups is 2. The van der Waals surface area contributed by atoms with Crippen molar-refractivity contribution in [1.82, 2.24) is 25.4 Å². The Hall–Kier alpha value is -2.49. The predicted octanol–water partition coefficient (Wildman–Crippen LogP) is 1.12. The van der Waals surface area contributed by atoms with Crippen LogP contribution in [0.15, 0.2) is 0 Å². The number of aryl methyl sites for hydroxylation is 1. The lowest BCUT2D eigenvalue weighted by Crippen LogP contribution is -2.40. The lowest BCUT2D eigenvalue weighted by molar-refractivity contribution is -0.154. The number of amides is 2. The molecule has 0 aliphatic rings. The van der Waals surface area contributed by atoms with E-state index in [4.69, 9.17) is 0 Å². The zero-order valence-corrected chi connectivity index (χ0v) is 15.9. The Morgan fingerprint density at radius 3 is 2.62 bits per heavy atom. The topological polar surface area (TPSA) is 124 Å². The van der Waals surface area contributed by atoms with Crippen molar-refractivity contribution in [1.29, 1.82) is 0 Å². The first-order valence-electron chi connectivity index (χ1n) is 8.81. The van der Waals surface area contributed by atoms with Gasteiger partial charge >= 0.3 is 0 Å². The molecule has 0 unspecified atom stereocenters. The van der Waals surface area contributed by atoms with Gasteiger partial charge in [0.25, 0.3) is 0 Å². The van der Waals surface area contributed by atoms with Crippen LogP contribution in [-0.4, -0.2) is 57.7 Å². The van der Waals surface area contributed by atoms with Crippen molar-refractivity contribution in [2.24, 2.45) is 5.92 Å². The van der Waals surface area contributed by atoms with Crippen LogP contribution in [-0.2, 0) is 9.59 Å². The molecule has 0 bridgehead atoms. The average molecular weight is 367 g/mol. The number of nitrogens with one attached hydrogen (secondary N) is 2. The first-order chi connectivity index (χ1) is 12.4. The van der Waals surface area contributed by atoms with E-state index in [1.165, 1.54) is 0 Å². The molecule has 0 spiro atoms. The van der Waals surface area contributed by atoms with E-state index in [1.807, 2.05) is 18.9 Å². The molecule has 1 aromatic rings. The molecule has 3 N–H and O–H groups in total. The number of carbonyl (C=O) groups is 2. The molecule has 2 amide bonds. The Morgan fingerprint density at radius 1 is 1.27 bits per heavy atom. The number of hydrogen-bond donors (Lipinski definition) is 3. The fraction of sp³-hybridized carbons (Fsp3) is 0.688. The van der Waals surface area contributed by atoms with E-state index in [1.54, 1.807) is 6.92 Å². The van der Waals surface area contributed by atoms with Crippen LogP contribution in [0.2, 0.25) is 0 Å². The molecule has 0 aliphatic heterocycles. The van der Waals surface area contributed by atoms with Gasteiger partial charge in [-0.2, -0.15) is 15.0 Å². The van der Waals surface area contributed by atoms with Gasteiger partial charge in [-0.1, -0.05) is 26.2 Å². The maximum Gasteiger partial charge on any atom is 0.246 e. The highest BCUT2D eigenvalue weighted by Crippen LogP contribution is 2.12. The van der Waals surface area contributed by atoms with Crippen LogP contribution in [0.5, 0.6) is 0 Å². The minimum absolute atomic E-state index is 0.0687. The van der Waals surface area contributed by atoms with Gasteiger partial charge in [0.1, 0.15) is 5.82 Å². The summed E-state index contributed by atoms with van der Waals surface area (Å²) < 4.78 is 0. The summed E-state index contributed by atoms with van der Waals surface area (Å²) in [5.41, 5.74) is 5.24. The molecule has 10 nitrogen and oxygen atoms in total. The number of hydrazine groups is 1. The van der Waals surface area contributed by atoms with Crippen molar-refractivity contribution in [3.63, 3.8) is 0 Å². The summed E-state index contributed by atoms with van der Waals surface area (Å²) in [4.78, 5) is 37.5. The molecular formula is C16H29N7O3. The first-order valence-corrected chi connectivity index (χ1v) is 8.81. The van der Waals surface area contributed by atoms with Gasteiger partial charge in [0.15, 0.2) is 0 Å². The van der Waals surface area contributed by atoms with Crippen LogP contribution in [0.25, 0.3) is 0 Å². The number of hydrogen-bond acceptors (Lipinski definition) is 8. The van der Waals surface area contributed by atoms with Crippen LogP contribution >= 0.6 is 0 Å². The third-order valence-corrected chi connectivity index (χ3v) is 3.90. The summed E-state index contributed by atoms with van der Waals surface area (Å²) in [6.07, 6.45) is 3.67. The molecule has 0 radical (unpaired) electrons. The van der Waals surface area contributed by atoms with Gasteiger partial charge < -0.3 is 4.90 Å². The maximum absolute atomic E-state index is 12.4. The Kier molecular flexibility index (Phi) is 9.27. The number of anilines is 2. The molecule has 26 heavy (non-hydrogen) atoms. The summed E-state index contributed by atoms with van der Waals surface area (Å²) in [7, 11) is 1.86. The zero-order valence-electron chi connectivity index (χ0n) is 15.9. The van der Waals surface area contributed by atoms with Crippen molar-refractivity contribution in [2.75, 3.05) is 30.5 Å². The Balaban J connectivity index is 2.73. The van der Waals surface area contributed by atoms with E-state index in [9.17, 15) is 14.8 Å². The van der Waals surface area contributed by atoms with Crippen molar-refractivity contribution in [3.8, 4) is 0 Å². The molecule has 0 saturated heterocycles. The van der Waals surface area contributed by atoms with E-state index in [2.05, 4.69) is 32.7 Å². The SMILES string of the molecule is CCCCC[C@H](CN(O)C=O)C(=O)NNc1nc(C)nc(N(C)CC)n1. The van der Waals surface area contributed by atoms with Gasteiger partial charge in [0, 0.05) is 13.6 Å². The van der Waals surface area contributed by atoms with Gasteiger partial charge in [-0.25, -0.2) is 5.06 Å². The van der Waals surface area contributed by atoms with Gasteiger partial charge in [-0.15, -0.1) is 0 Å². The smallest absolute Gasteiger partial charge is 0.246 e. The molecule has 1 heterocycles. The largest absolute Gasteiger partial charge is 0.344 e. The molecule has 0 aromatic carbocycles. The Labute approximate surface area is 153 Å². The highest BCUT2D eigenvalue weighted by atomic mass is 16.5. The Morgan fingerprint density at radius 2 is 2.00 bits per heavy atom. The molecule has 0 fully saturated rings. The minimum atomic E-state index is -0.537. The van der Waals surface area contributed by atoms with Crippen molar-refractivity contribution in [2.45, 2.75) is 46.5 Å². The van der Waals surface area contributed by atoms with E-state index in [0.29, 0.717) is 23.3 Å². The van der Waals surface area contributed by atoms with Gasteiger partial charge in [-0.05, 0) is 20.3 Å². The van der Waals surface area contributed by atoms with Gasteiger partial charge in [0.05, 0.1) is 12.5 Å². The van der Waals surface area contributed by atoms with Gasteiger partial charge in [0.2, 0.25) is 24.2 Å². The quantitative estimate of drug-likeness (QED) is 0.217. The molecule has 1 aromatic heterocycles. The molecular weight excluding hydrogens is 338 g/mol. The van der Waals surface area contributed by atoms with E-state index in [0.717, 1.165) is 25.8 Å². The second kappa shape index (κ2) is 11.2. The summed E-state index contributed by atoms with van der Waals surface area (Å²) in [6.45, 7) is 6.44. The van der Waals surface area contributed by atoms with Crippen molar-refractivity contribution >= 4 is 24.2 Å². The second-order valence-corrected chi connectivity index (χ2v) is 6.05. The van der Waals surface area contributed by atoms with E-state index >= 15 is 0 Å². The van der Waals surface area contributed by atoms with E-state index in [-0.39, 0.29) is 24.8 Å². The number of rotatable bonds is 12. The number of nitrogens with zero attached hydrogens (tertiary/aromatic N) is 5. The Bertz CT molecular complexity index is 585. The summed E-state index contributed by atoms with van der Waals surface area (Å²) in [6, 6.07) is 0. The molecule has 10 heteroatoms. The summed E-state index contributed by atoms with van der Waals surface area (Å²) >= 11 is 0. The summed E-state index contributed by atoms with van der Waals surface area (Å²) in [5, 5.41) is 9.89. The highest BCUT2D eigenvalue weighted by molar-refractivity contribution is 5.80. The number of carbonyl (C=O) groups excluding carboxylic acids is 2. The fourth-order valence-electron chi connectivity index (χ4n) is 2.27. The average Bonchev–Trinajstić information content (AvgIpc) is 2.64. The highest BCUT2D eigenvalue weighted by Gasteiger charge is 2.21. The van der Waals surface area contributed by atoms with Crippen LogP contribution in [0.3, 0.4) is 0 Å². The van der Waals surface area contributed by atoms with Crippen molar-refractivity contribution in [3.05, 3.63) is 5.82 Å². The molecule has 0 aliphatic carbocycles. The number of unbranched alkanes of at least 4 members (excludes halogenated alkanes) is 2. The van der Waals surface area contributed by atoms with Crippen LogP contribution < -0.4 is 15.8 Å². The van der Waals surface area contributed by atoms with Crippen LogP contribution in [0.4, 0.5) is 11.9 Å². The predicted molar refractivity (Wildman–Crippen MR) is 97.5 cm³/mol. The molecule has 1 atom stereocenters. The lowest BCUT2D eigenvalue weighted by atomic mass is 10.0. The second-order valence-electron chi connectivity index (χ2n) is 6.05. The fourth-order valence-corrected chi connectivity index (χ4v) is 2.27. The zero-order chi connectivity index (χ0) is 19.5. The third kappa shape index (κ3) is 7.18.